The number of hydrogen-bond donors (Lipinski definition) is 1. The minimum absolute atomic E-state index is 0.0920. The first-order chi connectivity index (χ1) is 11.7. The molecule has 2 aromatic carbocycles. The molecule has 0 aliphatic rings. The molecular formula is C18H16N4OS. The second kappa shape index (κ2) is 6.05. The first-order valence-electron chi connectivity index (χ1n) is 7.82. The fraction of sp³-hybridized carbons (Fsp3) is 0.167. The maximum Gasteiger partial charge on any atom is 0.203 e. The molecule has 0 radical (unpaired) electrons. The van der Waals surface area contributed by atoms with Crippen LogP contribution >= 0.6 is 11.3 Å². The summed E-state index contributed by atoms with van der Waals surface area (Å²) in [7, 11) is 0. The summed E-state index contributed by atoms with van der Waals surface area (Å²) in [5.41, 5.74) is 7.66. The van der Waals surface area contributed by atoms with E-state index in [1.54, 1.807) is 0 Å². The molecule has 120 valence electrons. The summed E-state index contributed by atoms with van der Waals surface area (Å²) in [4.78, 5) is 12.7. The summed E-state index contributed by atoms with van der Waals surface area (Å²) < 4.78 is 2.22. The number of nitrogen functional groups attached to an aromatic ring is 1. The van der Waals surface area contributed by atoms with Gasteiger partial charge in [0.2, 0.25) is 5.13 Å². The van der Waals surface area contributed by atoms with E-state index < -0.39 is 0 Å². The average Bonchev–Trinajstić information content (AvgIpc) is 3.03. The SMILES string of the molecule is Nc1nnc(CCCn2c3ccccc3c(=O)c3ccccc32)s1. The van der Waals surface area contributed by atoms with Crippen molar-refractivity contribution < 1.29 is 0 Å². The Morgan fingerprint density at radius 2 is 1.58 bits per heavy atom. The second-order valence-electron chi connectivity index (χ2n) is 5.65. The lowest BCUT2D eigenvalue weighted by Crippen LogP contribution is -2.12. The lowest BCUT2D eigenvalue weighted by Gasteiger charge is -2.14. The third kappa shape index (κ3) is 2.55. The van der Waals surface area contributed by atoms with Crippen LogP contribution in [0.2, 0.25) is 0 Å². The fourth-order valence-corrected chi connectivity index (χ4v) is 3.72. The van der Waals surface area contributed by atoms with Crippen molar-refractivity contribution in [1.82, 2.24) is 14.8 Å². The Hall–Kier alpha value is -2.73. The van der Waals surface area contributed by atoms with Crippen LogP contribution in [0.25, 0.3) is 21.8 Å². The van der Waals surface area contributed by atoms with Crippen molar-refractivity contribution in [3.05, 3.63) is 63.8 Å². The van der Waals surface area contributed by atoms with E-state index >= 15 is 0 Å². The zero-order valence-electron chi connectivity index (χ0n) is 13.0. The van der Waals surface area contributed by atoms with Gasteiger partial charge in [0.1, 0.15) is 5.01 Å². The highest BCUT2D eigenvalue weighted by molar-refractivity contribution is 7.15. The number of aryl methyl sites for hydroxylation is 2. The molecule has 4 rings (SSSR count). The van der Waals surface area contributed by atoms with Gasteiger partial charge in [0, 0.05) is 23.7 Å². The number of rotatable bonds is 4. The van der Waals surface area contributed by atoms with Crippen LogP contribution in [-0.2, 0) is 13.0 Å². The summed E-state index contributed by atoms with van der Waals surface area (Å²) in [6.07, 6.45) is 1.73. The molecule has 2 heterocycles. The largest absolute Gasteiger partial charge is 0.374 e. The number of nitrogens with two attached hydrogens (primary N) is 1. The number of aromatic nitrogens is 3. The monoisotopic (exact) mass is 336 g/mol. The quantitative estimate of drug-likeness (QED) is 0.581. The summed E-state index contributed by atoms with van der Waals surface area (Å²) in [5.74, 6) is 0. The van der Waals surface area contributed by atoms with Crippen LogP contribution in [0, 0.1) is 0 Å². The summed E-state index contributed by atoms with van der Waals surface area (Å²) in [6, 6.07) is 15.6. The van der Waals surface area contributed by atoms with Crippen LogP contribution in [0.3, 0.4) is 0 Å². The molecule has 0 saturated carbocycles. The van der Waals surface area contributed by atoms with Gasteiger partial charge in [0.15, 0.2) is 5.43 Å². The van der Waals surface area contributed by atoms with Crippen molar-refractivity contribution in [2.45, 2.75) is 19.4 Å². The molecule has 0 atom stereocenters. The van der Waals surface area contributed by atoms with E-state index in [9.17, 15) is 4.79 Å². The van der Waals surface area contributed by atoms with Gasteiger partial charge in [-0.05, 0) is 30.7 Å². The van der Waals surface area contributed by atoms with E-state index in [2.05, 4.69) is 14.8 Å². The maximum absolute atomic E-state index is 12.7. The molecule has 0 amide bonds. The van der Waals surface area contributed by atoms with Gasteiger partial charge in [-0.3, -0.25) is 4.79 Å². The van der Waals surface area contributed by atoms with Gasteiger partial charge in [-0.25, -0.2) is 0 Å². The molecule has 0 aliphatic heterocycles. The Kier molecular flexibility index (Phi) is 3.74. The zero-order chi connectivity index (χ0) is 16.5. The van der Waals surface area contributed by atoms with Gasteiger partial charge >= 0.3 is 0 Å². The molecule has 0 aliphatic carbocycles. The minimum Gasteiger partial charge on any atom is -0.374 e. The van der Waals surface area contributed by atoms with Crippen LogP contribution in [0.1, 0.15) is 11.4 Å². The Labute approximate surface area is 142 Å². The predicted octanol–water partition coefficient (Wildman–Crippen LogP) is 3.22. The third-order valence-corrected chi connectivity index (χ3v) is 4.95. The molecule has 2 aromatic heterocycles. The van der Waals surface area contributed by atoms with Crippen molar-refractivity contribution in [1.29, 1.82) is 0 Å². The number of nitrogens with zero attached hydrogens (tertiary/aromatic N) is 3. The van der Waals surface area contributed by atoms with Gasteiger partial charge in [0.05, 0.1) is 11.0 Å². The number of hydrogen-bond acceptors (Lipinski definition) is 5. The maximum atomic E-state index is 12.7. The molecule has 5 nitrogen and oxygen atoms in total. The third-order valence-electron chi connectivity index (χ3n) is 4.13. The highest BCUT2D eigenvalue weighted by Gasteiger charge is 2.10. The van der Waals surface area contributed by atoms with Gasteiger partial charge in [-0.1, -0.05) is 35.6 Å². The molecule has 0 bridgehead atoms. The van der Waals surface area contributed by atoms with Gasteiger partial charge in [-0.2, -0.15) is 0 Å². The molecular weight excluding hydrogens is 320 g/mol. The molecule has 0 saturated heterocycles. The van der Waals surface area contributed by atoms with E-state index in [-0.39, 0.29) is 5.43 Å². The summed E-state index contributed by atoms with van der Waals surface area (Å²) >= 11 is 1.43. The number of fused-ring (bicyclic) bond motifs is 2. The van der Waals surface area contributed by atoms with E-state index in [1.807, 2.05) is 48.5 Å². The Morgan fingerprint density at radius 1 is 0.958 bits per heavy atom. The Balaban J connectivity index is 1.77. The summed E-state index contributed by atoms with van der Waals surface area (Å²) in [5, 5.41) is 10.9. The highest BCUT2D eigenvalue weighted by atomic mass is 32.1. The van der Waals surface area contributed by atoms with Crippen molar-refractivity contribution in [2.24, 2.45) is 0 Å². The predicted molar refractivity (Wildman–Crippen MR) is 98.4 cm³/mol. The molecule has 4 aromatic rings. The van der Waals surface area contributed by atoms with Gasteiger partial charge in [-0.15, -0.1) is 10.2 Å². The van der Waals surface area contributed by atoms with E-state index in [1.165, 1.54) is 11.3 Å². The molecule has 0 unspecified atom stereocenters. The number of pyridine rings is 1. The van der Waals surface area contributed by atoms with Crippen LogP contribution < -0.4 is 11.2 Å². The van der Waals surface area contributed by atoms with Gasteiger partial charge < -0.3 is 10.3 Å². The Morgan fingerprint density at radius 3 is 2.17 bits per heavy atom. The van der Waals surface area contributed by atoms with Crippen LogP contribution in [0.15, 0.2) is 53.3 Å². The number of anilines is 1. The first kappa shape index (κ1) is 14.8. The second-order valence-corrected chi connectivity index (χ2v) is 6.75. The van der Waals surface area contributed by atoms with E-state index in [0.717, 1.165) is 46.2 Å². The van der Waals surface area contributed by atoms with Crippen molar-refractivity contribution in [2.75, 3.05) is 5.73 Å². The van der Waals surface area contributed by atoms with E-state index in [0.29, 0.717) is 5.13 Å². The molecule has 2 N–H and O–H groups in total. The first-order valence-corrected chi connectivity index (χ1v) is 8.64. The van der Waals surface area contributed by atoms with Crippen LogP contribution in [0.4, 0.5) is 5.13 Å². The Bertz CT molecular complexity index is 1020. The van der Waals surface area contributed by atoms with E-state index in [4.69, 9.17) is 5.73 Å². The van der Waals surface area contributed by atoms with Crippen molar-refractivity contribution in [3.8, 4) is 0 Å². The summed E-state index contributed by atoms with van der Waals surface area (Å²) in [6.45, 7) is 0.806. The van der Waals surface area contributed by atoms with Crippen LogP contribution in [-0.4, -0.2) is 14.8 Å². The van der Waals surface area contributed by atoms with Gasteiger partial charge in [0.25, 0.3) is 0 Å². The van der Waals surface area contributed by atoms with Crippen molar-refractivity contribution >= 4 is 38.3 Å². The molecule has 0 spiro atoms. The normalized spacial score (nSPS) is 11.3. The lowest BCUT2D eigenvalue weighted by molar-refractivity contribution is 0.670. The lowest BCUT2D eigenvalue weighted by atomic mass is 10.1. The smallest absolute Gasteiger partial charge is 0.203 e. The molecule has 0 fully saturated rings. The molecule has 24 heavy (non-hydrogen) atoms. The standard InChI is InChI=1S/C18H16N4OS/c19-18-21-20-16(24-18)10-5-11-22-14-8-3-1-6-12(14)17(23)13-7-2-4-9-15(13)22/h1-4,6-9H,5,10-11H2,(H2,19,21). The topological polar surface area (TPSA) is 73.8 Å². The average molecular weight is 336 g/mol. The number of para-hydroxylation sites is 2. The van der Waals surface area contributed by atoms with Crippen molar-refractivity contribution in [3.63, 3.8) is 0 Å². The fourth-order valence-electron chi connectivity index (χ4n) is 3.07. The highest BCUT2D eigenvalue weighted by Crippen LogP contribution is 2.20. The molecule has 6 heteroatoms. The van der Waals surface area contributed by atoms with Crippen LogP contribution in [0.5, 0.6) is 0 Å². The number of benzene rings is 2. The zero-order valence-corrected chi connectivity index (χ0v) is 13.8. The minimum atomic E-state index is 0.0920.